The zero-order valence-electron chi connectivity index (χ0n) is 14.0. The minimum atomic E-state index is 0.493. The van der Waals surface area contributed by atoms with Crippen molar-refractivity contribution in [3.63, 3.8) is 0 Å². The Hall–Kier alpha value is -2.40. The van der Waals surface area contributed by atoms with Crippen LogP contribution in [0.5, 0.6) is 0 Å². The summed E-state index contributed by atoms with van der Waals surface area (Å²) in [4.78, 5) is 4.65. The van der Waals surface area contributed by atoms with Crippen LogP contribution >= 0.6 is 0 Å². The number of hydrogen-bond donors (Lipinski definition) is 1. The number of imidazole rings is 1. The third-order valence-electron chi connectivity index (χ3n) is 4.89. The van der Waals surface area contributed by atoms with Crippen molar-refractivity contribution in [2.24, 2.45) is 0 Å². The first-order chi connectivity index (χ1) is 11.9. The van der Waals surface area contributed by atoms with Gasteiger partial charge in [0.1, 0.15) is 5.69 Å². The van der Waals surface area contributed by atoms with E-state index in [1.54, 1.807) is 0 Å². The van der Waals surface area contributed by atoms with E-state index in [1.165, 1.54) is 6.42 Å². The molecule has 2 atom stereocenters. The molecule has 0 radical (unpaired) electrons. The van der Waals surface area contributed by atoms with Crippen LogP contribution < -0.4 is 5.32 Å². The largest absolute Gasteiger partial charge is 0.327 e. The molecule has 124 valence electrons. The van der Waals surface area contributed by atoms with E-state index in [9.17, 15) is 0 Å². The quantitative estimate of drug-likeness (QED) is 0.801. The molecule has 5 heteroatoms. The van der Waals surface area contributed by atoms with Crippen LogP contribution in [0.4, 0.5) is 0 Å². The van der Waals surface area contributed by atoms with Gasteiger partial charge in [-0.3, -0.25) is 0 Å². The highest BCUT2D eigenvalue weighted by Gasteiger charge is 2.24. The smallest absolute Gasteiger partial charge is 0.159 e. The average molecular weight is 321 g/mol. The van der Waals surface area contributed by atoms with E-state index in [1.807, 2.05) is 41.3 Å². The van der Waals surface area contributed by atoms with Gasteiger partial charge in [0.2, 0.25) is 0 Å². The highest BCUT2D eigenvalue weighted by molar-refractivity contribution is 5.54. The fraction of sp³-hybridized carbons (Fsp3) is 0.368. The lowest BCUT2D eigenvalue weighted by molar-refractivity contribution is 0.297. The van der Waals surface area contributed by atoms with Crippen molar-refractivity contribution in [2.75, 3.05) is 6.54 Å². The normalized spacial score (nSPS) is 21.0. The summed E-state index contributed by atoms with van der Waals surface area (Å²) in [5.74, 6) is 0.998. The molecule has 1 fully saturated rings. The summed E-state index contributed by atoms with van der Waals surface area (Å²) in [6.07, 6.45) is 9.32. The Morgan fingerprint density at radius 3 is 2.88 bits per heavy atom. The molecule has 0 saturated carbocycles. The van der Waals surface area contributed by atoms with Gasteiger partial charge in [0.15, 0.2) is 5.82 Å². The molecule has 5 nitrogen and oxygen atoms in total. The summed E-state index contributed by atoms with van der Waals surface area (Å²) in [5.41, 5.74) is 2.10. The predicted molar refractivity (Wildman–Crippen MR) is 95.1 cm³/mol. The SMILES string of the molecule is CC[C@@H]1C[C@H](n2ccnc2-c2ccnn2-c2ccccc2)CCN1. The van der Waals surface area contributed by atoms with Gasteiger partial charge in [-0.2, -0.15) is 5.10 Å². The van der Waals surface area contributed by atoms with Crippen LogP contribution in [0.3, 0.4) is 0 Å². The molecule has 1 N–H and O–H groups in total. The van der Waals surface area contributed by atoms with Gasteiger partial charge in [0.05, 0.1) is 11.9 Å². The zero-order chi connectivity index (χ0) is 16.4. The highest BCUT2D eigenvalue weighted by Crippen LogP contribution is 2.29. The molecule has 1 aliphatic heterocycles. The fourth-order valence-corrected chi connectivity index (χ4v) is 3.60. The maximum absolute atomic E-state index is 4.65. The zero-order valence-corrected chi connectivity index (χ0v) is 14.0. The van der Waals surface area contributed by atoms with Crippen LogP contribution in [0.15, 0.2) is 55.0 Å². The molecule has 1 saturated heterocycles. The molecule has 0 amide bonds. The summed E-state index contributed by atoms with van der Waals surface area (Å²) in [6.45, 7) is 3.32. The first kappa shape index (κ1) is 15.1. The molecule has 2 aromatic heterocycles. The van der Waals surface area contributed by atoms with E-state index in [0.29, 0.717) is 12.1 Å². The Balaban J connectivity index is 1.70. The van der Waals surface area contributed by atoms with Crippen molar-refractivity contribution in [2.45, 2.75) is 38.3 Å². The third kappa shape index (κ3) is 2.76. The molecule has 1 aromatic carbocycles. The van der Waals surface area contributed by atoms with Gasteiger partial charge in [-0.1, -0.05) is 25.1 Å². The molecule has 0 aliphatic carbocycles. The van der Waals surface area contributed by atoms with Crippen molar-refractivity contribution in [3.05, 3.63) is 55.0 Å². The van der Waals surface area contributed by atoms with Gasteiger partial charge in [-0.25, -0.2) is 9.67 Å². The molecule has 24 heavy (non-hydrogen) atoms. The summed E-state index contributed by atoms with van der Waals surface area (Å²) < 4.78 is 4.30. The lowest BCUT2D eigenvalue weighted by Crippen LogP contribution is -2.38. The van der Waals surface area contributed by atoms with Crippen molar-refractivity contribution in [1.82, 2.24) is 24.6 Å². The summed E-state index contributed by atoms with van der Waals surface area (Å²) in [7, 11) is 0. The third-order valence-corrected chi connectivity index (χ3v) is 4.89. The summed E-state index contributed by atoms with van der Waals surface area (Å²) in [6, 6.07) is 13.4. The van der Waals surface area contributed by atoms with E-state index in [4.69, 9.17) is 0 Å². The number of benzene rings is 1. The molecule has 3 aromatic rings. The number of rotatable bonds is 4. The molecule has 0 bridgehead atoms. The average Bonchev–Trinajstić information content (AvgIpc) is 3.31. The molecule has 0 spiro atoms. The lowest BCUT2D eigenvalue weighted by atomic mass is 9.97. The van der Waals surface area contributed by atoms with Crippen molar-refractivity contribution >= 4 is 0 Å². The number of piperidine rings is 1. The number of para-hydroxylation sites is 1. The first-order valence-electron chi connectivity index (χ1n) is 8.73. The molecular weight excluding hydrogens is 298 g/mol. The second kappa shape index (κ2) is 6.61. The molecule has 4 rings (SSSR count). The van der Waals surface area contributed by atoms with Crippen molar-refractivity contribution in [3.8, 4) is 17.2 Å². The monoisotopic (exact) mass is 321 g/mol. The first-order valence-corrected chi connectivity index (χ1v) is 8.73. The molecule has 3 heterocycles. The second-order valence-corrected chi connectivity index (χ2v) is 6.36. The number of aromatic nitrogens is 4. The van der Waals surface area contributed by atoms with Crippen LogP contribution in [-0.2, 0) is 0 Å². The minimum Gasteiger partial charge on any atom is -0.327 e. The Morgan fingerprint density at radius 2 is 2.04 bits per heavy atom. The van der Waals surface area contributed by atoms with Gasteiger partial charge in [0, 0.05) is 24.5 Å². The standard InChI is InChI=1S/C19H23N5/c1-2-15-14-17(8-10-20-15)23-13-12-21-19(23)18-9-11-22-24(18)16-6-4-3-5-7-16/h3-7,9,11-13,15,17,20H,2,8,10,14H2,1H3/t15-,17-/m1/s1. The van der Waals surface area contributed by atoms with E-state index in [2.05, 4.69) is 45.2 Å². The Labute approximate surface area is 142 Å². The summed E-state index contributed by atoms with van der Waals surface area (Å²) >= 11 is 0. The van der Waals surface area contributed by atoms with E-state index in [-0.39, 0.29) is 0 Å². The van der Waals surface area contributed by atoms with Gasteiger partial charge < -0.3 is 9.88 Å². The number of hydrogen-bond acceptors (Lipinski definition) is 3. The second-order valence-electron chi connectivity index (χ2n) is 6.36. The van der Waals surface area contributed by atoms with Crippen LogP contribution in [0.2, 0.25) is 0 Å². The minimum absolute atomic E-state index is 0.493. The van der Waals surface area contributed by atoms with E-state index in [0.717, 1.165) is 36.6 Å². The van der Waals surface area contributed by atoms with Gasteiger partial charge in [-0.15, -0.1) is 0 Å². The van der Waals surface area contributed by atoms with E-state index >= 15 is 0 Å². The lowest BCUT2D eigenvalue weighted by Gasteiger charge is -2.31. The number of nitrogens with zero attached hydrogens (tertiary/aromatic N) is 4. The number of nitrogens with one attached hydrogen (secondary N) is 1. The predicted octanol–water partition coefficient (Wildman–Crippen LogP) is 3.44. The van der Waals surface area contributed by atoms with Crippen LogP contribution in [0, 0.1) is 0 Å². The van der Waals surface area contributed by atoms with Crippen molar-refractivity contribution in [1.29, 1.82) is 0 Å². The van der Waals surface area contributed by atoms with Crippen LogP contribution in [-0.4, -0.2) is 31.9 Å². The molecular formula is C19H23N5. The Morgan fingerprint density at radius 1 is 1.17 bits per heavy atom. The van der Waals surface area contributed by atoms with Gasteiger partial charge >= 0.3 is 0 Å². The van der Waals surface area contributed by atoms with Crippen LogP contribution in [0.1, 0.15) is 32.2 Å². The highest BCUT2D eigenvalue weighted by atomic mass is 15.3. The van der Waals surface area contributed by atoms with Gasteiger partial charge in [-0.05, 0) is 44.0 Å². The van der Waals surface area contributed by atoms with E-state index < -0.39 is 0 Å². The maximum atomic E-state index is 4.65. The Kier molecular flexibility index (Phi) is 4.17. The fourth-order valence-electron chi connectivity index (χ4n) is 3.60. The molecule has 0 unspecified atom stereocenters. The summed E-state index contributed by atoms with van der Waals surface area (Å²) in [5, 5.41) is 8.11. The van der Waals surface area contributed by atoms with Crippen LogP contribution in [0.25, 0.3) is 17.2 Å². The topological polar surface area (TPSA) is 47.7 Å². The Bertz CT molecular complexity index is 789. The maximum Gasteiger partial charge on any atom is 0.159 e. The van der Waals surface area contributed by atoms with Gasteiger partial charge in [0.25, 0.3) is 0 Å². The molecule has 1 aliphatic rings. The van der Waals surface area contributed by atoms with Crippen molar-refractivity contribution < 1.29 is 0 Å².